The van der Waals surface area contributed by atoms with E-state index in [1.807, 2.05) is 5.32 Å². The molecule has 4 amide bonds. The molecule has 0 unspecified atom stereocenters. The highest BCUT2D eigenvalue weighted by molar-refractivity contribution is 6.35. The van der Waals surface area contributed by atoms with E-state index in [0.717, 1.165) is 24.3 Å². The number of hydrogen-bond donors (Lipinski definition) is 6. The van der Waals surface area contributed by atoms with E-state index in [9.17, 15) is 37.5 Å². The van der Waals surface area contributed by atoms with Gasteiger partial charge in [-0.3, -0.25) is 14.9 Å². The molecule has 1 aromatic heterocycles. The number of rotatable bonds is 5. The molecule has 2 heterocycles. The van der Waals surface area contributed by atoms with Gasteiger partial charge in [0, 0.05) is 17.0 Å². The summed E-state index contributed by atoms with van der Waals surface area (Å²) in [6, 6.07) is 2.18. The summed E-state index contributed by atoms with van der Waals surface area (Å²) in [5.74, 6) is -6.83. The average Bonchev–Trinajstić information content (AvgIpc) is 3.27. The Hall–Kier alpha value is -4.91. The number of nitrogens with one attached hydrogen (secondary N) is 4. The minimum absolute atomic E-state index is 0.0312. The molecule has 4 rings (SSSR count). The average molecular weight is 528 g/mol. The van der Waals surface area contributed by atoms with E-state index in [-0.39, 0.29) is 28.0 Å². The number of hydrogen-bond acceptors (Lipinski definition) is 5. The lowest BCUT2D eigenvalue weighted by Gasteiger charge is -2.11. The molecule has 13 heteroatoms. The van der Waals surface area contributed by atoms with Crippen LogP contribution in [0.1, 0.15) is 48.8 Å². The highest BCUT2D eigenvalue weighted by Gasteiger charge is 2.28. The van der Waals surface area contributed by atoms with Crippen molar-refractivity contribution < 1.29 is 42.6 Å². The second-order valence-corrected chi connectivity index (χ2v) is 8.36. The number of aryl methyl sites for hydroxylation is 1. The molecule has 0 fully saturated rings. The number of H-pyrrole nitrogens is 1. The Bertz CT molecular complexity index is 1550. The summed E-state index contributed by atoms with van der Waals surface area (Å²) < 4.78 is 43.0. The second-order valence-electron chi connectivity index (χ2n) is 8.36. The number of carboxylic acids is 1. The first-order chi connectivity index (χ1) is 17.9. The first-order valence-corrected chi connectivity index (χ1v) is 10.9. The second kappa shape index (κ2) is 9.86. The molecule has 6 N–H and O–H groups in total. The van der Waals surface area contributed by atoms with Crippen LogP contribution in [0.5, 0.6) is 0 Å². The minimum Gasteiger partial charge on any atom is -0.478 e. The lowest BCUT2D eigenvalue weighted by atomic mass is 10.0. The van der Waals surface area contributed by atoms with Crippen molar-refractivity contribution in [2.24, 2.45) is 0 Å². The van der Waals surface area contributed by atoms with Crippen molar-refractivity contribution in [3.63, 3.8) is 0 Å². The van der Waals surface area contributed by atoms with E-state index in [1.165, 1.54) is 6.08 Å². The molecule has 38 heavy (non-hydrogen) atoms. The molecule has 0 spiro atoms. The van der Waals surface area contributed by atoms with E-state index >= 15 is 0 Å². The maximum Gasteiger partial charge on any atom is 0.337 e. The van der Waals surface area contributed by atoms with Crippen LogP contribution >= 0.6 is 0 Å². The van der Waals surface area contributed by atoms with Gasteiger partial charge < -0.3 is 25.8 Å². The Labute approximate surface area is 212 Å². The third kappa shape index (κ3) is 4.74. The summed E-state index contributed by atoms with van der Waals surface area (Å²) in [7, 11) is 0. The van der Waals surface area contributed by atoms with Crippen LogP contribution in [0.15, 0.2) is 24.3 Å². The number of anilines is 2. The number of imide groups is 1. The number of carbonyl (C=O) groups is 4. The van der Waals surface area contributed by atoms with Crippen molar-refractivity contribution in [1.82, 2.24) is 10.3 Å². The molecule has 3 aromatic rings. The van der Waals surface area contributed by atoms with Gasteiger partial charge in [0.15, 0.2) is 0 Å². The zero-order valence-corrected chi connectivity index (χ0v) is 19.8. The molecule has 0 atom stereocenters. The zero-order chi connectivity index (χ0) is 27.9. The third-order valence-electron chi connectivity index (χ3n) is 5.86. The Morgan fingerprint density at radius 1 is 1.00 bits per heavy atom. The Morgan fingerprint density at radius 3 is 2.24 bits per heavy atom. The van der Waals surface area contributed by atoms with Gasteiger partial charge in [0.05, 0.1) is 29.1 Å². The monoisotopic (exact) mass is 528 g/mol. The maximum atomic E-state index is 14.8. The molecule has 10 nitrogen and oxygen atoms in total. The van der Waals surface area contributed by atoms with Crippen LogP contribution in [0.4, 0.5) is 29.3 Å². The van der Waals surface area contributed by atoms with Gasteiger partial charge in [-0.25, -0.2) is 22.8 Å². The number of fused-ring (bicyclic) bond motifs is 1. The van der Waals surface area contributed by atoms with E-state index in [1.54, 1.807) is 19.2 Å². The van der Waals surface area contributed by atoms with Gasteiger partial charge in [0.25, 0.3) is 11.8 Å². The van der Waals surface area contributed by atoms with Gasteiger partial charge in [-0.05, 0) is 55.3 Å². The number of halogens is 3. The highest BCUT2D eigenvalue weighted by Crippen LogP contribution is 2.37. The summed E-state index contributed by atoms with van der Waals surface area (Å²) in [6.07, 6.45) is 1.37. The van der Waals surface area contributed by atoms with E-state index in [0.29, 0.717) is 17.0 Å². The number of carboxylic acid groups (broad SMARTS) is 1. The fourth-order valence-corrected chi connectivity index (χ4v) is 4.09. The van der Waals surface area contributed by atoms with Crippen molar-refractivity contribution in [3.8, 4) is 0 Å². The Kier molecular flexibility index (Phi) is 6.79. The minimum atomic E-state index is -1.44. The fraction of sp³-hybridized carbons (Fsp3) is 0.120. The van der Waals surface area contributed by atoms with Gasteiger partial charge in [0.1, 0.15) is 23.0 Å². The van der Waals surface area contributed by atoms with Crippen molar-refractivity contribution in [3.05, 3.63) is 80.9 Å². The van der Waals surface area contributed by atoms with Crippen LogP contribution in [-0.2, 0) is 11.4 Å². The first kappa shape index (κ1) is 26.2. The van der Waals surface area contributed by atoms with Crippen LogP contribution in [0.25, 0.3) is 11.6 Å². The van der Waals surface area contributed by atoms with Crippen molar-refractivity contribution in [2.45, 2.75) is 20.5 Å². The number of benzene rings is 2. The number of aliphatic hydroxyl groups is 1. The number of aliphatic hydroxyl groups excluding tert-OH is 1. The molecular weight excluding hydrogens is 509 g/mol. The molecular formula is C25H19F3N4O6. The number of aromatic amines is 1. The third-order valence-corrected chi connectivity index (χ3v) is 5.86. The quantitative estimate of drug-likeness (QED) is 0.277. The van der Waals surface area contributed by atoms with Crippen LogP contribution in [0.2, 0.25) is 0 Å². The Balaban J connectivity index is 1.57. The topological polar surface area (TPSA) is 161 Å². The van der Waals surface area contributed by atoms with Crippen molar-refractivity contribution in [2.75, 3.05) is 10.6 Å². The smallest absolute Gasteiger partial charge is 0.337 e. The normalized spacial score (nSPS) is 13.3. The lowest BCUT2D eigenvalue weighted by molar-refractivity contribution is -0.110. The molecule has 1 aliphatic heterocycles. The van der Waals surface area contributed by atoms with Crippen LogP contribution in [0, 0.1) is 31.3 Å². The van der Waals surface area contributed by atoms with Gasteiger partial charge in [0.2, 0.25) is 0 Å². The molecule has 0 radical (unpaired) electrons. The van der Waals surface area contributed by atoms with Crippen LogP contribution in [-0.4, -0.2) is 39.0 Å². The standard InChI is InChI=1S/C25H19F3N4O6/c1-9-17(29-10(2)20(9)24(36)37)6-13-12-5-14(26)19(7-18(12)30-22(13)34)31-25(38)32-23(35)21-15(27)3-11(8-33)4-16(21)28/h3-7,29,33H,8H2,1-2H3,(H,30,34)(H,36,37)(H2,31,32,35,38)/b13-6-. The van der Waals surface area contributed by atoms with E-state index in [2.05, 4.69) is 10.3 Å². The molecule has 0 saturated heterocycles. The molecule has 196 valence electrons. The summed E-state index contributed by atoms with van der Waals surface area (Å²) in [5.41, 5.74) is -0.243. The fourth-order valence-electron chi connectivity index (χ4n) is 4.09. The van der Waals surface area contributed by atoms with Gasteiger partial charge in [-0.15, -0.1) is 0 Å². The molecule has 0 aliphatic carbocycles. The van der Waals surface area contributed by atoms with Crippen molar-refractivity contribution >= 4 is 46.8 Å². The number of amides is 4. The number of aromatic nitrogens is 1. The Morgan fingerprint density at radius 2 is 1.66 bits per heavy atom. The first-order valence-electron chi connectivity index (χ1n) is 10.9. The maximum absolute atomic E-state index is 14.8. The van der Waals surface area contributed by atoms with Crippen LogP contribution < -0.4 is 16.0 Å². The molecule has 1 aliphatic rings. The van der Waals surface area contributed by atoms with Gasteiger partial charge in [-0.2, -0.15) is 0 Å². The predicted molar refractivity (Wildman–Crippen MR) is 129 cm³/mol. The zero-order valence-electron chi connectivity index (χ0n) is 19.8. The lowest BCUT2D eigenvalue weighted by Crippen LogP contribution is -2.35. The number of urea groups is 1. The van der Waals surface area contributed by atoms with E-state index in [4.69, 9.17) is 5.11 Å². The summed E-state index contributed by atoms with van der Waals surface area (Å²) in [5, 5.41) is 24.6. The molecule has 2 aromatic carbocycles. The molecule has 0 bridgehead atoms. The SMILES string of the molecule is Cc1[nH]c(/C=C2\C(=O)Nc3cc(NC(=O)NC(=O)c4c(F)cc(CO)cc4F)c(F)cc32)c(C)c1C(=O)O. The highest BCUT2D eigenvalue weighted by atomic mass is 19.1. The van der Waals surface area contributed by atoms with Gasteiger partial charge >= 0.3 is 12.0 Å². The number of aromatic carboxylic acids is 1. The largest absolute Gasteiger partial charge is 0.478 e. The number of carbonyl (C=O) groups excluding carboxylic acids is 3. The van der Waals surface area contributed by atoms with E-state index < -0.39 is 59.1 Å². The summed E-state index contributed by atoms with van der Waals surface area (Å²) in [4.78, 5) is 51.3. The van der Waals surface area contributed by atoms with Gasteiger partial charge in [-0.1, -0.05) is 0 Å². The van der Waals surface area contributed by atoms with Crippen molar-refractivity contribution in [1.29, 1.82) is 0 Å². The van der Waals surface area contributed by atoms with Crippen LogP contribution in [0.3, 0.4) is 0 Å². The summed E-state index contributed by atoms with van der Waals surface area (Å²) >= 11 is 0. The molecule has 0 saturated carbocycles. The summed E-state index contributed by atoms with van der Waals surface area (Å²) in [6.45, 7) is 2.44. The predicted octanol–water partition coefficient (Wildman–Crippen LogP) is 3.69.